The zero-order valence-corrected chi connectivity index (χ0v) is 22.5. The Labute approximate surface area is 218 Å². The van der Waals surface area contributed by atoms with Crippen LogP contribution in [0.3, 0.4) is 0 Å². The number of methoxy groups -OCH3 is 5. The summed E-state index contributed by atoms with van der Waals surface area (Å²) in [6.45, 7) is 2.41. The molecule has 8 heteroatoms. The minimum absolute atomic E-state index is 0.0143. The summed E-state index contributed by atoms with van der Waals surface area (Å²) in [5.41, 5.74) is 1.18. The van der Waals surface area contributed by atoms with Crippen LogP contribution >= 0.6 is 0 Å². The first kappa shape index (κ1) is 26.9. The molecular formula is C29H38O8. The third-order valence-corrected chi connectivity index (χ3v) is 8.33. The summed E-state index contributed by atoms with van der Waals surface area (Å²) in [7, 11) is 8.00. The second kappa shape index (κ2) is 11.1. The van der Waals surface area contributed by atoms with Crippen molar-refractivity contribution >= 4 is 5.97 Å². The number of carboxylic acids is 1. The van der Waals surface area contributed by atoms with Gasteiger partial charge in [-0.15, -0.1) is 0 Å². The number of aliphatic carboxylic acids is 1. The van der Waals surface area contributed by atoms with Gasteiger partial charge in [-0.3, -0.25) is 4.79 Å². The molecule has 2 fully saturated rings. The molecule has 0 amide bonds. The molecule has 202 valence electrons. The molecule has 4 rings (SSSR count). The van der Waals surface area contributed by atoms with Gasteiger partial charge in [-0.25, -0.2) is 0 Å². The van der Waals surface area contributed by atoms with Gasteiger partial charge in [0.1, 0.15) is 0 Å². The Balaban J connectivity index is 1.76. The minimum Gasteiger partial charge on any atom is -0.493 e. The van der Waals surface area contributed by atoms with Crippen LogP contribution in [0.2, 0.25) is 0 Å². The molecule has 8 nitrogen and oxygen atoms in total. The van der Waals surface area contributed by atoms with E-state index in [0.717, 1.165) is 30.4 Å². The second-order valence-corrected chi connectivity index (χ2v) is 10.2. The smallest absolute Gasteiger partial charge is 0.309 e. The number of hydrogen-bond donors (Lipinski definition) is 1. The molecule has 0 spiro atoms. The average Bonchev–Trinajstić information content (AvgIpc) is 3.50. The Morgan fingerprint density at radius 3 is 2.16 bits per heavy atom. The maximum Gasteiger partial charge on any atom is 0.309 e. The van der Waals surface area contributed by atoms with Crippen LogP contribution in [0.15, 0.2) is 30.3 Å². The van der Waals surface area contributed by atoms with Crippen molar-refractivity contribution in [1.82, 2.24) is 0 Å². The first-order chi connectivity index (χ1) is 17.8. The van der Waals surface area contributed by atoms with E-state index in [1.165, 1.54) is 0 Å². The summed E-state index contributed by atoms with van der Waals surface area (Å²) in [5.74, 6) is 2.29. The van der Waals surface area contributed by atoms with Gasteiger partial charge in [0.25, 0.3) is 0 Å². The highest BCUT2D eigenvalue weighted by Gasteiger charge is 2.54. The van der Waals surface area contributed by atoms with Gasteiger partial charge < -0.3 is 33.5 Å². The van der Waals surface area contributed by atoms with Gasteiger partial charge in [0.15, 0.2) is 23.0 Å². The lowest BCUT2D eigenvalue weighted by molar-refractivity contribution is -0.152. The summed E-state index contributed by atoms with van der Waals surface area (Å²) in [4.78, 5) is 12.5. The van der Waals surface area contributed by atoms with Crippen LogP contribution in [0.25, 0.3) is 0 Å². The predicted octanol–water partition coefficient (Wildman–Crippen LogP) is 5.17. The Hall–Kier alpha value is -3.13. The van der Waals surface area contributed by atoms with Crippen molar-refractivity contribution in [2.75, 3.05) is 42.2 Å². The van der Waals surface area contributed by atoms with Gasteiger partial charge in [-0.05, 0) is 79.3 Å². The van der Waals surface area contributed by atoms with Crippen LogP contribution in [0.4, 0.5) is 0 Å². The monoisotopic (exact) mass is 514 g/mol. The number of rotatable bonds is 10. The van der Waals surface area contributed by atoms with Crippen molar-refractivity contribution in [2.45, 2.75) is 38.7 Å². The quantitative estimate of drug-likeness (QED) is 0.464. The van der Waals surface area contributed by atoms with Crippen LogP contribution in [0.5, 0.6) is 28.7 Å². The van der Waals surface area contributed by atoms with Gasteiger partial charge in [-0.2, -0.15) is 0 Å². The highest BCUT2D eigenvalue weighted by Crippen LogP contribution is 2.57. The number of carboxylic acid groups (broad SMARTS) is 1. The van der Waals surface area contributed by atoms with Gasteiger partial charge >= 0.3 is 5.97 Å². The lowest BCUT2D eigenvalue weighted by atomic mass is 9.66. The fourth-order valence-electron chi connectivity index (χ4n) is 6.40. The standard InChI is InChI=1S/C29H38O8/c1-29(28(30)31)11-7-8-20(29)25-19(12-17-9-10-21(32-2)22(13-17)33-3)16-37-26(25)18-14-23(34-4)27(36-6)24(15-18)35-5/h9-10,13-15,19-20,25-26H,7-8,11-12,16H2,1-6H3,(H,30,31)/t19-,20?,25-,26+,29?/m0/s1. The van der Waals surface area contributed by atoms with Crippen molar-refractivity contribution in [3.8, 4) is 28.7 Å². The summed E-state index contributed by atoms with van der Waals surface area (Å²) in [5, 5.41) is 10.3. The van der Waals surface area contributed by atoms with Crippen molar-refractivity contribution in [1.29, 1.82) is 0 Å². The average molecular weight is 515 g/mol. The first-order valence-electron chi connectivity index (χ1n) is 12.7. The third kappa shape index (κ3) is 4.91. The molecule has 2 aromatic carbocycles. The first-order valence-corrected chi connectivity index (χ1v) is 12.7. The lowest BCUT2D eigenvalue weighted by Crippen LogP contribution is -2.39. The molecule has 0 radical (unpaired) electrons. The van der Waals surface area contributed by atoms with E-state index in [0.29, 0.717) is 41.8 Å². The van der Waals surface area contributed by atoms with Crippen LogP contribution in [0, 0.1) is 23.2 Å². The SMILES string of the molecule is COc1ccc(C[C@H]2CO[C@H](c3cc(OC)c(OC)c(OC)c3)[C@@H]2C2CCCC2(C)C(=O)O)cc1OC. The van der Waals surface area contributed by atoms with E-state index < -0.39 is 11.4 Å². The number of carbonyl (C=O) groups is 1. The Morgan fingerprint density at radius 1 is 0.946 bits per heavy atom. The normalized spacial score (nSPS) is 27.1. The largest absolute Gasteiger partial charge is 0.493 e. The summed E-state index contributed by atoms with van der Waals surface area (Å²) >= 11 is 0. The Kier molecular flexibility index (Phi) is 8.07. The van der Waals surface area contributed by atoms with E-state index in [4.69, 9.17) is 28.4 Å². The molecule has 1 aliphatic heterocycles. The Bertz CT molecular complexity index is 1090. The van der Waals surface area contributed by atoms with E-state index in [1.54, 1.807) is 35.5 Å². The van der Waals surface area contributed by atoms with Gasteiger partial charge in [0.05, 0.1) is 53.7 Å². The molecule has 1 aliphatic carbocycles. The van der Waals surface area contributed by atoms with E-state index in [9.17, 15) is 9.90 Å². The second-order valence-electron chi connectivity index (χ2n) is 10.2. The number of hydrogen-bond acceptors (Lipinski definition) is 7. The Morgan fingerprint density at radius 2 is 1.59 bits per heavy atom. The zero-order chi connectivity index (χ0) is 26.7. The molecular weight excluding hydrogens is 476 g/mol. The van der Waals surface area contributed by atoms with Crippen molar-refractivity contribution < 1.29 is 38.3 Å². The molecule has 1 N–H and O–H groups in total. The molecule has 2 aliphatic rings. The fraction of sp³-hybridized carbons (Fsp3) is 0.552. The summed E-state index contributed by atoms with van der Waals surface area (Å²) < 4.78 is 34.2. The van der Waals surface area contributed by atoms with Crippen LogP contribution in [-0.4, -0.2) is 53.2 Å². The fourth-order valence-corrected chi connectivity index (χ4v) is 6.40. The maximum atomic E-state index is 12.5. The molecule has 1 saturated carbocycles. The van der Waals surface area contributed by atoms with Gasteiger partial charge in [0.2, 0.25) is 5.75 Å². The van der Waals surface area contributed by atoms with Crippen molar-refractivity contribution in [3.05, 3.63) is 41.5 Å². The predicted molar refractivity (Wildman–Crippen MR) is 138 cm³/mol. The highest BCUT2D eigenvalue weighted by molar-refractivity contribution is 5.75. The van der Waals surface area contributed by atoms with Crippen molar-refractivity contribution in [3.63, 3.8) is 0 Å². The third-order valence-electron chi connectivity index (χ3n) is 8.33. The van der Waals surface area contributed by atoms with Crippen LogP contribution < -0.4 is 23.7 Å². The lowest BCUT2D eigenvalue weighted by Gasteiger charge is -2.37. The number of benzene rings is 2. The molecule has 1 saturated heterocycles. The molecule has 37 heavy (non-hydrogen) atoms. The molecule has 0 aromatic heterocycles. The van der Waals surface area contributed by atoms with E-state index in [2.05, 4.69) is 0 Å². The molecule has 2 aromatic rings. The molecule has 0 bridgehead atoms. The highest BCUT2D eigenvalue weighted by atomic mass is 16.5. The van der Waals surface area contributed by atoms with E-state index in [-0.39, 0.29) is 23.9 Å². The van der Waals surface area contributed by atoms with E-state index >= 15 is 0 Å². The van der Waals surface area contributed by atoms with Gasteiger partial charge in [0, 0.05) is 0 Å². The summed E-state index contributed by atoms with van der Waals surface area (Å²) in [6.07, 6.45) is 2.82. The number of ether oxygens (including phenoxy) is 6. The molecule has 5 atom stereocenters. The minimum atomic E-state index is -0.812. The zero-order valence-electron chi connectivity index (χ0n) is 22.5. The molecule has 1 heterocycles. The topological polar surface area (TPSA) is 92.7 Å². The van der Waals surface area contributed by atoms with Gasteiger partial charge in [-0.1, -0.05) is 12.5 Å². The maximum absolute atomic E-state index is 12.5. The molecule has 2 unspecified atom stereocenters. The van der Waals surface area contributed by atoms with Crippen molar-refractivity contribution in [2.24, 2.45) is 23.2 Å². The summed E-state index contributed by atoms with van der Waals surface area (Å²) in [6, 6.07) is 9.78. The van der Waals surface area contributed by atoms with Crippen LogP contribution in [0.1, 0.15) is 43.4 Å². The van der Waals surface area contributed by atoms with E-state index in [1.807, 2.05) is 37.3 Å². The van der Waals surface area contributed by atoms with Crippen LogP contribution in [-0.2, 0) is 16.0 Å².